The van der Waals surface area contributed by atoms with Crippen molar-refractivity contribution in [3.05, 3.63) is 70.1 Å². The van der Waals surface area contributed by atoms with Crippen molar-refractivity contribution >= 4 is 29.9 Å². The van der Waals surface area contributed by atoms with Crippen molar-refractivity contribution in [2.75, 3.05) is 20.1 Å². The first-order chi connectivity index (χ1) is 12.6. The van der Waals surface area contributed by atoms with Crippen LogP contribution in [0.15, 0.2) is 58.4 Å². The Morgan fingerprint density at radius 3 is 2.56 bits per heavy atom. The lowest BCUT2D eigenvalue weighted by Crippen LogP contribution is -2.38. The van der Waals surface area contributed by atoms with Crippen LogP contribution in [0.4, 0.5) is 0 Å². The number of benzene rings is 1. The summed E-state index contributed by atoms with van der Waals surface area (Å²) in [5.41, 5.74) is 2.60. The third kappa shape index (κ3) is 8.15. The van der Waals surface area contributed by atoms with Gasteiger partial charge in [0.15, 0.2) is 5.96 Å². The topological polar surface area (TPSA) is 49.6 Å². The van der Waals surface area contributed by atoms with Crippen LogP contribution in [0.1, 0.15) is 30.9 Å². The van der Waals surface area contributed by atoms with Crippen LogP contribution in [0.5, 0.6) is 0 Å². The maximum absolute atomic E-state index is 11.7. The molecule has 0 aliphatic rings. The van der Waals surface area contributed by atoms with E-state index in [9.17, 15) is 4.79 Å². The number of rotatable bonds is 8. The van der Waals surface area contributed by atoms with Gasteiger partial charge in [0.2, 0.25) is 5.56 Å². The first kappa shape index (κ1) is 23.2. The second-order valence-corrected chi connectivity index (χ2v) is 6.52. The Morgan fingerprint density at radius 1 is 1.15 bits per heavy atom. The summed E-state index contributed by atoms with van der Waals surface area (Å²) in [5, 5.41) is 3.35. The third-order valence-electron chi connectivity index (χ3n) is 4.20. The molecule has 0 aliphatic carbocycles. The van der Waals surface area contributed by atoms with Gasteiger partial charge in [-0.1, -0.05) is 35.9 Å². The third-order valence-corrected chi connectivity index (χ3v) is 4.20. The standard InChI is InChI=1S/C21H30N4O.HI/c1-4-22-21(24(3)17-19-12-10-18(2)11-13-19)23-14-6-8-16-25-15-7-5-9-20(25)26;/h5,7,9-13,15H,4,6,8,14,16-17H2,1-3H3,(H,22,23);1H. The molecule has 1 N–H and O–H groups in total. The lowest BCUT2D eigenvalue weighted by molar-refractivity contribution is 0.475. The van der Waals surface area contributed by atoms with Gasteiger partial charge in [-0.05, 0) is 38.3 Å². The van der Waals surface area contributed by atoms with Crippen molar-refractivity contribution in [1.29, 1.82) is 0 Å². The summed E-state index contributed by atoms with van der Waals surface area (Å²) in [6, 6.07) is 13.9. The zero-order chi connectivity index (χ0) is 18.8. The second-order valence-electron chi connectivity index (χ2n) is 6.52. The van der Waals surface area contributed by atoms with Gasteiger partial charge in [-0.25, -0.2) is 0 Å². The van der Waals surface area contributed by atoms with Gasteiger partial charge < -0.3 is 14.8 Å². The van der Waals surface area contributed by atoms with Gasteiger partial charge in [0.05, 0.1) is 0 Å². The Morgan fingerprint density at radius 2 is 1.89 bits per heavy atom. The van der Waals surface area contributed by atoms with Crippen LogP contribution in [-0.4, -0.2) is 35.6 Å². The van der Waals surface area contributed by atoms with E-state index in [-0.39, 0.29) is 29.5 Å². The summed E-state index contributed by atoms with van der Waals surface area (Å²) >= 11 is 0. The first-order valence-corrected chi connectivity index (χ1v) is 9.30. The first-order valence-electron chi connectivity index (χ1n) is 9.30. The van der Waals surface area contributed by atoms with E-state index in [0.717, 1.165) is 45.0 Å². The predicted molar refractivity (Wildman–Crippen MR) is 124 cm³/mol. The molecule has 5 nitrogen and oxygen atoms in total. The number of guanidine groups is 1. The summed E-state index contributed by atoms with van der Waals surface area (Å²) in [6.07, 6.45) is 3.73. The van der Waals surface area contributed by atoms with E-state index in [1.54, 1.807) is 16.7 Å². The average Bonchev–Trinajstić information content (AvgIpc) is 2.64. The smallest absolute Gasteiger partial charge is 0.250 e. The largest absolute Gasteiger partial charge is 0.357 e. The molecule has 6 heteroatoms. The maximum Gasteiger partial charge on any atom is 0.250 e. The molecule has 0 saturated carbocycles. The predicted octanol–water partition coefficient (Wildman–Crippen LogP) is 3.65. The van der Waals surface area contributed by atoms with E-state index >= 15 is 0 Å². The number of hydrogen-bond donors (Lipinski definition) is 1. The molecule has 2 aromatic rings. The van der Waals surface area contributed by atoms with Gasteiger partial charge in [-0.15, -0.1) is 24.0 Å². The Hall–Kier alpha value is -1.83. The van der Waals surface area contributed by atoms with Crippen molar-refractivity contribution < 1.29 is 0 Å². The number of unbranched alkanes of at least 4 members (excludes halogenated alkanes) is 1. The van der Waals surface area contributed by atoms with E-state index in [2.05, 4.69) is 55.4 Å². The molecule has 0 bridgehead atoms. The van der Waals surface area contributed by atoms with E-state index in [1.165, 1.54) is 11.1 Å². The fraction of sp³-hybridized carbons (Fsp3) is 0.429. The van der Waals surface area contributed by atoms with Gasteiger partial charge in [-0.2, -0.15) is 0 Å². The number of aromatic nitrogens is 1. The Balaban J connectivity index is 0.00000364. The van der Waals surface area contributed by atoms with Crippen molar-refractivity contribution in [3.8, 4) is 0 Å². The monoisotopic (exact) mass is 482 g/mol. The van der Waals surface area contributed by atoms with Crippen molar-refractivity contribution in [1.82, 2.24) is 14.8 Å². The number of aryl methyl sites for hydroxylation is 2. The summed E-state index contributed by atoms with van der Waals surface area (Å²) in [5.74, 6) is 0.921. The SMILES string of the molecule is CCNC(=NCCCCn1ccccc1=O)N(C)Cc1ccc(C)cc1.I. The molecule has 1 aromatic heterocycles. The molecule has 0 aliphatic heterocycles. The lowest BCUT2D eigenvalue weighted by Gasteiger charge is -2.22. The number of halogens is 1. The fourth-order valence-corrected chi connectivity index (χ4v) is 2.74. The number of pyridine rings is 1. The lowest BCUT2D eigenvalue weighted by atomic mass is 10.1. The fourth-order valence-electron chi connectivity index (χ4n) is 2.74. The molecular formula is C21H31IN4O. The highest BCUT2D eigenvalue weighted by Gasteiger charge is 2.06. The summed E-state index contributed by atoms with van der Waals surface area (Å²) in [6.45, 7) is 7.34. The van der Waals surface area contributed by atoms with Crippen LogP contribution >= 0.6 is 24.0 Å². The molecule has 0 atom stereocenters. The molecule has 27 heavy (non-hydrogen) atoms. The summed E-state index contributed by atoms with van der Waals surface area (Å²) in [4.78, 5) is 18.6. The van der Waals surface area contributed by atoms with Crippen LogP contribution in [0.2, 0.25) is 0 Å². The highest BCUT2D eigenvalue weighted by Crippen LogP contribution is 2.06. The Bertz CT molecular complexity index is 755. The zero-order valence-electron chi connectivity index (χ0n) is 16.5. The number of nitrogens with one attached hydrogen (secondary N) is 1. The normalized spacial score (nSPS) is 11.0. The van der Waals surface area contributed by atoms with Crippen LogP contribution in [0, 0.1) is 6.92 Å². The van der Waals surface area contributed by atoms with Crippen molar-refractivity contribution in [2.24, 2.45) is 4.99 Å². The van der Waals surface area contributed by atoms with Gasteiger partial charge in [0.25, 0.3) is 0 Å². The highest BCUT2D eigenvalue weighted by molar-refractivity contribution is 14.0. The zero-order valence-corrected chi connectivity index (χ0v) is 18.8. The second kappa shape index (κ2) is 12.5. The van der Waals surface area contributed by atoms with Crippen LogP contribution in [0.25, 0.3) is 0 Å². The van der Waals surface area contributed by atoms with E-state index in [0.29, 0.717) is 0 Å². The quantitative estimate of drug-likeness (QED) is 0.271. The van der Waals surface area contributed by atoms with Crippen molar-refractivity contribution in [2.45, 2.75) is 39.8 Å². The van der Waals surface area contributed by atoms with E-state index in [1.807, 2.05) is 12.3 Å². The molecule has 0 unspecified atom stereocenters. The molecule has 1 heterocycles. The molecule has 0 radical (unpaired) electrons. The highest BCUT2D eigenvalue weighted by atomic mass is 127. The average molecular weight is 482 g/mol. The maximum atomic E-state index is 11.7. The molecule has 2 rings (SSSR count). The number of nitrogens with zero attached hydrogens (tertiary/aromatic N) is 3. The van der Waals surface area contributed by atoms with Gasteiger partial charge in [0, 0.05) is 45.5 Å². The van der Waals surface area contributed by atoms with Crippen LogP contribution in [0.3, 0.4) is 0 Å². The minimum Gasteiger partial charge on any atom is -0.357 e. The van der Waals surface area contributed by atoms with Crippen LogP contribution < -0.4 is 10.9 Å². The molecule has 0 spiro atoms. The Labute approximate surface area is 179 Å². The molecule has 0 saturated heterocycles. The summed E-state index contributed by atoms with van der Waals surface area (Å²) < 4.78 is 1.75. The summed E-state index contributed by atoms with van der Waals surface area (Å²) in [7, 11) is 2.06. The number of aliphatic imine (C=N–C) groups is 1. The van der Waals surface area contributed by atoms with Gasteiger partial charge in [-0.3, -0.25) is 9.79 Å². The minimum absolute atomic E-state index is 0. The van der Waals surface area contributed by atoms with Crippen LogP contribution in [-0.2, 0) is 13.1 Å². The molecule has 1 aromatic carbocycles. The molecule has 0 amide bonds. The van der Waals surface area contributed by atoms with E-state index in [4.69, 9.17) is 4.99 Å². The van der Waals surface area contributed by atoms with Crippen molar-refractivity contribution in [3.63, 3.8) is 0 Å². The minimum atomic E-state index is 0. The van der Waals surface area contributed by atoms with Gasteiger partial charge >= 0.3 is 0 Å². The molecular weight excluding hydrogens is 451 g/mol. The van der Waals surface area contributed by atoms with Gasteiger partial charge in [0.1, 0.15) is 0 Å². The van der Waals surface area contributed by atoms with E-state index < -0.39 is 0 Å². The molecule has 148 valence electrons. The Kier molecular flexibility index (Phi) is 10.8. The number of hydrogen-bond acceptors (Lipinski definition) is 2. The molecule has 0 fully saturated rings.